The van der Waals surface area contributed by atoms with Crippen LogP contribution in [0, 0.1) is 0 Å². The van der Waals surface area contributed by atoms with Gasteiger partial charge >= 0.3 is 0 Å². The number of nitrogens with zero attached hydrogens (tertiary/aromatic N) is 4. The zero-order valence-electron chi connectivity index (χ0n) is 13.5. The van der Waals surface area contributed by atoms with E-state index in [1.165, 1.54) is 6.20 Å². The van der Waals surface area contributed by atoms with Crippen LogP contribution in [0.2, 0.25) is 0 Å². The highest BCUT2D eigenvalue weighted by Gasteiger charge is 2.18. The summed E-state index contributed by atoms with van der Waals surface area (Å²) in [5.74, 6) is 0.800. The zero-order chi connectivity index (χ0) is 17.8. The lowest BCUT2D eigenvalue weighted by molar-refractivity contribution is 0.0946. The maximum atomic E-state index is 12.4. The van der Waals surface area contributed by atoms with Crippen LogP contribution in [0.15, 0.2) is 70.1 Å². The second-order valence-corrected chi connectivity index (χ2v) is 5.36. The Morgan fingerprint density at radius 1 is 1.00 bits per heavy atom. The second kappa shape index (κ2) is 6.98. The van der Waals surface area contributed by atoms with Crippen molar-refractivity contribution in [1.29, 1.82) is 0 Å². The first-order valence-corrected chi connectivity index (χ1v) is 7.82. The number of carbonyl (C=O) groups excluding carboxylic acids is 1. The van der Waals surface area contributed by atoms with E-state index in [0.717, 1.165) is 11.1 Å². The number of pyridine rings is 1. The quantitative estimate of drug-likeness (QED) is 0.591. The standard InChI is InChI=1S/C18H13N5O3/c24-18(14-10-21-26-16(14)12-4-2-1-3-5-12)20-11-15-22-17(23-25-15)13-6-8-19-9-7-13/h1-10H,11H2,(H,20,24). The molecule has 1 N–H and O–H groups in total. The molecule has 0 bridgehead atoms. The highest BCUT2D eigenvalue weighted by atomic mass is 16.5. The van der Waals surface area contributed by atoms with E-state index >= 15 is 0 Å². The van der Waals surface area contributed by atoms with E-state index in [4.69, 9.17) is 9.05 Å². The smallest absolute Gasteiger partial charge is 0.257 e. The van der Waals surface area contributed by atoms with Gasteiger partial charge < -0.3 is 14.4 Å². The van der Waals surface area contributed by atoms with Crippen LogP contribution >= 0.6 is 0 Å². The third kappa shape index (κ3) is 3.20. The SMILES string of the molecule is O=C(NCc1nc(-c2ccncc2)no1)c1cnoc1-c1ccccc1. The molecule has 0 aliphatic carbocycles. The summed E-state index contributed by atoms with van der Waals surface area (Å²) in [6.45, 7) is 0.0936. The number of nitrogens with one attached hydrogen (secondary N) is 1. The Morgan fingerprint density at radius 2 is 1.81 bits per heavy atom. The fourth-order valence-corrected chi connectivity index (χ4v) is 2.40. The maximum Gasteiger partial charge on any atom is 0.257 e. The summed E-state index contributed by atoms with van der Waals surface area (Å²) in [7, 11) is 0. The summed E-state index contributed by atoms with van der Waals surface area (Å²) >= 11 is 0. The molecule has 1 amide bonds. The van der Waals surface area contributed by atoms with Crippen LogP contribution in [0.5, 0.6) is 0 Å². The summed E-state index contributed by atoms with van der Waals surface area (Å²) in [5, 5.41) is 10.4. The first-order valence-electron chi connectivity index (χ1n) is 7.82. The summed E-state index contributed by atoms with van der Waals surface area (Å²) in [6, 6.07) is 12.8. The molecular weight excluding hydrogens is 334 g/mol. The van der Waals surface area contributed by atoms with E-state index < -0.39 is 0 Å². The van der Waals surface area contributed by atoms with Gasteiger partial charge in [-0.1, -0.05) is 40.6 Å². The Kier molecular flexibility index (Phi) is 4.21. The second-order valence-electron chi connectivity index (χ2n) is 5.36. The van der Waals surface area contributed by atoms with Crippen molar-refractivity contribution >= 4 is 5.91 Å². The minimum atomic E-state index is -0.339. The molecule has 0 radical (unpaired) electrons. The van der Waals surface area contributed by atoms with Gasteiger partial charge in [0.2, 0.25) is 11.7 Å². The van der Waals surface area contributed by atoms with E-state index in [0.29, 0.717) is 23.0 Å². The Morgan fingerprint density at radius 3 is 2.62 bits per heavy atom. The summed E-state index contributed by atoms with van der Waals surface area (Å²) < 4.78 is 10.4. The lowest BCUT2D eigenvalue weighted by Gasteiger charge is -2.02. The van der Waals surface area contributed by atoms with E-state index in [1.807, 2.05) is 30.3 Å². The molecule has 0 saturated carbocycles. The minimum absolute atomic E-state index is 0.0936. The van der Waals surface area contributed by atoms with Crippen molar-refractivity contribution in [3.05, 3.63) is 72.5 Å². The monoisotopic (exact) mass is 347 g/mol. The first kappa shape index (κ1) is 15.7. The van der Waals surface area contributed by atoms with Gasteiger partial charge in [-0.25, -0.2) is 0 Å². The van der Waals surface area contributed by atoms with Gasteiger partial charge in [0, 0.05) is 23.5 Å². The van der Waals surface area contributed by atoms with Crippen molar-refractivity contribution in [2.45, 2.75) is 6.54 Å². The molecule has 0 atom stereocenters. The van der Waals surface area contributed by atoms with Crippen LogP contribution in [0.4, 0.5) is 0 Å². The Bertz CT molecular complexity index is 1010. The molecule has 4 aromatic rings. The summed E-state index contributed by atoms with van der Waals surface area (Å²) in [6.07, 6.45) is 4.67. The molecule has 0 aliphatic rings. The molecule has 4 rings (SSSR count). The van der Waals surface area contributed by atoms with Gasteiger partial charge in [-0.2, -0.15) is 4.98 Å². The van der Waals surface area contributed by atoms with Gasteiger partial charge in [0.05, 0.1) is 12.7 Å². The van der Waals surface area contributed by atoms with Gasteiger partial charge in [0.25, 0.3) is 5.91 Å². The van der Waals surface area contributed by atoms with Crippen molar-refractivity contribution in [2.75, 3.05) is 0 Å². The molecule has 0 fully saturated rings. The zero-order valence-corrected chi connectivity index (χ0v) is 13.5. The maximum absolute atomic E-state index is 12.4. The Balaban J connectivity index is 1.46. The van der Waals surface area contributed by atoms with Crippen LogP contribution in [-0.2, 0) is 6.54 Å². The van der Waals surface area contributed by atoms with Crippen LogP contribution in [0.25, 0.3) is 22.7 Å². The molecule has 128 valence electrons. The summed E-state index contributed by atoms with van der Waals surface area (Å²) in [4.78, 5) is 20.6. The fraction of sp³-hybridized carbons (Fsp3) is 0.0556. The van der Waals surface area contributed by atoms with Crippen molar-refractivity contribution in [3.8, 4) is 22.7 Å². The molecule has 0 spiro atoms. The highest BCUT2D eigenvalue weighted by Crippen LogP contribution is 2.23. The molecule has 8 nitrogen and oxygen atoms in total. The number of amides is 1. The first-order chi connectivity index (χ1) is 12.8. The minimum Gasteiger partial charge on any atom is -0.355 e. The third-order valence-corrected chi connectivity index (χ3v) is 3.66. The molecule has 26 heavy (non-hydrogen) atoms. The van der Waals surface area contributed by atoms with E-state index in [1.54, 1.807) is 24.5 Å². The normalized spacial score (nSPS) is 10.6. The number of hydrogen-bond acceptors (Lipinski definition) is 7. The Hall–Kier alpha value is -3.81. The van der Waals surface area contributed by atoms with Crippen molar-refractivity contribution in [3.63, 3.8) is 0 Å². The van der Waals surface area contributed by atoms with Gasteiger partial charge in [0.1, 0.15) is 5.56 Å². The average Bonchev–Trinajstić information content (AvgIpc) is 3.37. The van der Waals surface area contributed by atoms with Crippen molar-refractivity contribution < 1.29 is 13.8 Å². The molecule has 1 aromatic carbocycles. The molecule has 0 saturated heterocycles. The molecule has 3 heterocycles. The van der Waals surface area contributed by atoms with E-state index in [2.05, 4.69) is 25.6 Å². The van der Waals surface area contributed by atoms with Gasteiger partial charge in [-0.05, 0) is 12.1 Å². The predicted molar refractivity (Wildman–Crippen MR) is 90.6 cm³/mol. The van der Waals surface area contributed by atoms with Crippen molar-refractivity contribution in [1.82, 2.24) is 25.6 Å². The van der Waals surface area contributed by atoms with Gasteiger partial charge in [-0.15, -0.1) is 0 Å². The lowest BCUT2D eigenvalue weighted by atomic mass is 10.1. The number of benzene rings is 1. The third-order valence-electron chi connectivity index (χ3n) is 3.66. The molecular formula is C18H13N5O3. The molecule has 8 heteroatoms. The van der Waals surface area contributed by atoms with E-state index in [9.17, 15) is 4.79 Å². The predicted octanol–water partition coefficient (Wildman–Crippen LogP) is 2.72. The number of rotatable bonds is 5. The van der Waals surface area contributed by atoms with Crippen LogP contribution < -0.4 is 5.32 Å². The number of carbonyl (C=O) groups is 1. The fourth-order valence-electron chi connectivity index (χ4n) is 2.40. The Labute approximate surface area is 147 Å². The van der Waals surface area contributed by atoms with E-state index in [-0.39, 0.29) is 12.5 Å². The van der Waals surface area contributed by atoms with Gasteiger partial charge in [0.15, 0.2) is 5.76 Å². The van der Waals surface area contributed by atoms with Crippen LogP contribution in [0.1, 0.15) is 16.2 Å². The van der Waals surface area contributed by atoms with Gasteiger partial charge in [-0.3, -0.25) is 9.78 Å². The topological polar surface area (TPSA) is 107 Å². The van der Waals surface area contributed by atoms with Crippen LogP contribution in [-0.4, -0.2) is 26.2 Å². The largest absolute Gasteiger partial charge is 0.355 e. The average molecular weight is 347 g/mol. The number of aromatic nitrogens is 4. The number of hydrogen-bond donors (Lipinski definition) is 1. The van der Waals surface area contributed by atoms with Crippen LogP contribution in [0.3, 0.4) is 0 Å². The summed E-state index contributed by atoms with van der Waals surface area (Å²) in [5.41, 5.74) is 1.89. The highest BCUT2D eigenvalue weighted by molar-refractivity contribution is 5.99. The molecule has 0 aliphatic heterocycles. The molecule has 3 aromatic heterocycles. The molecule has 0 unspecified atom stereocenters. The van der Waals surface area contributed by atoms with Crippen molar-refractivity contribution in [2.24, 2.45) is 0 Å². The lowest BCUT2D eigenvalue weighted by Crippen LogP contribution is -2.23.